The standard InChI is InChI=1S/C9H21N/c1-7-10(6)9(4,5)8(2)3/h8H,7H2,1-6H3. The van der Waals surface area contributed by atoms with Crippen molar-refractivity contribution in [3.63, 3.8) is 0 Å². The van der Waals surface area contributed by atoms with E-state index < -0.39 is 0 Å². The van der Waals surface area contributed by atoms with Gasteiger partial charge in [0.15, 0.2) is 0 Å². The highest BCUT2D eigenvalue weighted by atomic mass is 15.2. The normalized spacial score (nSPS) is 13.2. The summed E-state index contributed by atoms with van der Waals surface area (Å²) in [4.78, 5) is 2.39. The molecular formula is C9H21N. The zero-order valence-corrected chi connectivity index (χ0v) is 8.23. The van der Waals surface area contributed by atoms with Crippen molar-refractivity contribution in [1.82, 2.24) is 4.90 Å². The lowest BCUT2D eigenvalue weighted by Gasteiger charge is -2.38. The Hall–Kier alpha value is -0.0400. The van der Waals surface area contributed by atoms with Gasteiger partial charge in [-0.2, -0.15) is 0 Å². The summed E-state index contributed by atoms with van der Waals surface area (Å²) in [6.07, 6.45) is 0. The molecule has 0 aromatic rings. The van der Waals surface area contributed by atoms with Crippen molar-refractivity contribution < 1.29 is 0 Å². The van der Waals surface area contributed by atoms with Crippen molar-refractivity contribution in [3.05, 3.63) is 0 Å². The quantitative estimate of drug-likeness (QED) is 0.586. The van der Waals surface area contributed by atoms with Gasteiger partial charge in [-0.05, 0) is 33.4 Å². The Labute approximate surface area is 65.4 Å². The van der Waals surface area contributed by atoms with E-state index in [2.05, 4.69) is 46.6 Å². The SMILES string of the molecule is CCN(C)C(C)(C)C(C)C. The van der Waals surface area contributed by atoms with Gasteiger partial charge >= 0.3 is 0 Å². The molecule has 0 aliphatic heterocycles. The fourth-order valence-corrected chi connectivity index (χ4v) is 0.848. The molecule has 0 amide bonds. The van der Waals surface area contributed by atoms with Crippen molar-refractivity contribution in [2.75, 3.05) is 13.6 Å². The maximum Gasteiger partial charge on any atom is 0.0172 e. The smallest absolute Gasteiger partial charge is 0.0172 e. The predicted octanol–water partition coefficient (Wildman–Crippen LogP) is 2.37. The van der Waals surface area contributed by atoms with Gasteiger partial charge in [0, 0.05) is 5.54 Å². The van der Waals surface area contributed by atoms with Gasteiger partial charge in [0.1, 0.15) is 0 Å². The predicted molar refractivity (Wildman–Crippen MR) is 47.2 cm³/mol. The highest BCUT2D eigenvalue weighted by Crippen LogP contribution is 2.21. The van der Waals surface area contributed by atoms with Crippen LogP contribution < -0.4 is 0 Å². The van der Waals surface area contributed by atoms with Crippen LogP contribution in [-0.4, -0.2) is 24.0 Å². The Kier molecular flexibility index (Phi) is 3.37. The fraction of sp³-hybridized carbons (Fsp3) is 1.00. The molecule has 0 spiro atoms. The molecule has 0 aliphatic rings. The lowest BCUT2D eigenvalue weighted by Crippen LogP contribution is -2.45. The molecule has 0 atom stereocenters. The van der Waals surface area contributed by atoms with Crippen LogP contribution in [-0.2, 0) is 0 Å². The molecule has 0 fully saturated rings. The first kappa shape index (κ1) is 9.96. The van der Waals surface area contributed by atoms with Crippen molar-refractivity contribution in [3.8, 4) is 0 Å². The number of hydrogen-bond donors (Lipinski definition) is 0. The van der Waals surface area contributed by atoms with Crippen LogP contribution in [0.25, 0.3) is 0 Å². The highest BCUT2D eigenvalue weighted by molar-refractivity contribution is 4.81. The molecule has 1 heteroatoms. The molecule has 0 aromatic carbocycles. The van der Waals surface area contributed by atoms with Crippen LogP contribution in [0, 0.1) is 5.92 Å². The van der Waals surface area contributed by atoms with Gasteiger partial charge in [-0.15, -0.1) is 0 Å². The van der Waals surface area contributed by atoms with E-state index in [1.807, 2.05) is 0 Å². The Morgan fingerprint density at radius 1 is 1.30 bits per heavy atom. The van der Waals surface area contributed by atoms with Gasteiger partial charge in [-0.25, -0.2) is 0 Å². The second-order valence-electron chi connectivity index (χ2n) is 3.82. The van der Waals surface area contributed by atoms with E-state index >= 15 is 0 Å². The van der Waals surface area contributed by atoms with Crippen LogP contribution in [0.2, 0.25) is 0 Å². The van der Waals surface area contributed by atoms with Crippen LogP contribution >= 0.6 is 0 Å². The van der Waals surface area contributed by atoms with E-state index in [1.165, 1.54) is 0 Å². The molecule has 0 heterocycles. The first-order chi connectivity index (χ1) is 4.42. The lowest BCUT2D eigenvalue weighted by molar-refractivity contribution is 0.112. The Morgan fingerprint density at radius 2 is 1.70 bits per heavy atom. The Morgan fingerprint density at radius 3 is 1.80 bits per heavy atom. The van der Waals surface area contributed by atoms with Gasteiger partial charge in [-0.1, -0.05) is 20.8 Å². The zero-order valence-electron chi connectivity index (χ0n) is 8.23. The molecule has 0 saturated heterocycles. The summed E-state index contributed by atoms with van der Waals surface area (Å²) in [5.41, 5.74) is 0.342. The molecule has 0 N–H and O–H groups in total. The molecule has 0 aliphatic carbocycles. The van der Waals surface area contributed by atoms with Gasteiger partial charge in [0.05, 0.1) is 0 Å². The third-order valence-electron chi connectivity index (χ3n) is 2.87. The first-order valence-corrected chi connectivity index (χ1v) is 4.14. The summed E-state index contributed by atoms with van der Waals surface area (Å²) in [6.45, 7) is 12.5. The topological polar surface area (TPSA) is 3.24 Å². The third kappa shape index (κ3) is 1.98. The lowest BCUT2D eigenvalue weighted by atomic mass is 9.89. The summed E-state index contributed by atoms with van der Waals surface area (Å²) in [5.74, 6) is 0.720. The van der Waals surface area contributed by atoms with Crippen LogP contribution in [0.5, 0.6) is 0 Å². The summed E-state index contributed by atoms with van der Waals surface area (Å²) < 4.78 is 0. The first-order valence-electron chi connectivity index (χ1n) is 4.14. The van der Waals surface area contributed by atoms with Gasteiger partial charge in [0.2, 0.25) is 0 Å². The van der Waals surface area contributed by atoms with E-state index in [4.69, 9.17) is 0 Å². The molecule has 0 unspecified atom stereocenters. The minimum absolute atomic E-state index is 0.342. The second kappa shape index (κ2) is 3.38. The van der Waals surface area contributed by atoms with E-state index in [9.17, 15) is 0 Å². The van der Waals surface area contributed by atoms with E-state index in [0.29, 0.717) is 5.54 Å². The van der Waals surface area contributed by atoms with Gasteiger partial charge in [0.25, 0.3) is 0 Å². The number of nitrogens with zero attached hydrogens (tertiary/aromatic N) is 1. The minimum atomic E-state index is 0.342. The summed E-state index contributed by atoms with van der Waals surface area (Å²) in [5, 5.41) is 0. The number of hydrogen-bond acceptors (Lipinski definition) is 1. The fourth-order valence-electron chi connectivity index (χ4n) is 0.848. The maximum atomic E-state index is 2.39. The molecule has 1 nitrogen and oxygen atoms in total. The zero-order chi connectivity index (χ0) is 8.36. The highest BCUT2D eigenvalue weighted by Gasteiger charge is 2.25. The maximum absolute atomic E-state index is 2.39. The van der Waals surface area contributed by atoms with Crippen LogP contribution in [0.3, 0.4) is 0 Å². The molecular weight excluding hydrogens is 122 g/mol. The summed E-state index contributed by atoms with van der Waals surface area (Å²) in [6, 6.07) is 0. The largest absolute Gasteiger partial charge is 0.301 e. The summed E-state index contributed by atoms with van der Waals surface area (Å²) >= 11 is 0. The van der Waals surface area contributed by atoms with Gasteiger partial charge < -0.3 is 4.90 Å². The molecule has 0 aromatic heterocycles. The molecule has 10 heavy (non-hydrogen) atoms. The van der Waals surface area contributed by atoms with Crippen molar-refractivity contribution >= 4 is 0 Å². The van der Waals surface area contributed by atoms with Crippen molar-refractivity contribution in [2.24, 2.45) is 5.92 Å². The summed E-state index contributed by atoms with van der Waals surface area (Å²) in [7, 11) is 2.18. The molecule has 0 radical (unpaired) electrons. The molecule has 0 bridgehead atoms. The molecule has 0 rings (SSSR count). The minimum Gasteiger partial charge on any atom is -0.301 e. The van der Waals surface area contributed by atoms with E-state index in [1.54, 1.807) is 0 Å². The van der Waals surface area contributed by atoms with E-state index in [0.717, 1.165) is 12.5 Å². The Balaban J connectivity index is 4.09. The van der Waals surface area contributed by atoms with Crippen molar-refractivity contribution in [1.29, 1.82) is 0 Å². The van der Waals surface area contributed by atoms with E-state index in [-0.39, 0.29) is 0 Å². The Bertz CT molecular complexity index is 94.9. The van der Waals surface area contributed by atoms with Crippen LogP contribution in [0.4, 0.5) is 0 Å². The second-order valence-corrected chi connectivity index (χ2v) is 3.82. The van der Waals surface area contributed by atoms with Crippen LogP contribution in [0.1, 0.15) is 34.6 Å². The number of rotatable bonds is 3. The molecule has 0 saturated carbocycles. The third-order valence-corrected chi connectivity index (χ3v) is 2.87. The molecule has 62 valence electrons. The average molecular weight is 143 g/mol. The van der Waals surface area contributed by atoms with Crippen LogP contribution in [0.15, 0.2) is 0 Å². The monoisotopic (exact) mass is 143 g/mol. The van der Waals surface area contributed by atoms with Gasteiger partial charge in [-0.3, -0.25) is 0 Å². The average Bonchev–Trinajstić information content (AvgIpc) is 1.86. The van der Waals surface area contributed by atoms with Crippen molar-refractivity contribution in [2.45, 2.75) is 40.2 Å².